The number of carbonyl (C=O) groups excluding carboxylic acids is 1. The summed E-state index contributed by atoms with van der Waals surface area (Å²) >= 11 is 0. The molecule has 2 aromatic carbocycles. The van der Waals surface area contributed by atoms with Crippen LogP contribution < -0.4 is 4.74 Å². The Morgan fingerprint density at radius 2 is 1.71 bits per heavy atom. The molecule has 0 aliphatic rings. The van der Waals surface area contributed by atoms with Crippen molar-refractivity contribution in [1.29, 1.82) is 5.26 Å². The Hall–Kier alpha value is -2.64. The minimum atomic E-state index is -0.256. The van der Waals surface area contributed by atoms with Gasteiger partial charge in [0, 0.05) is 12.2 Å². The number of nitriles is 1. The summed E-state index contributed by atoms with van der Waals surface area (Å²) in [6, 6.07) is 19.4. The van der Waals surface area contributed by atoms with Crippen LogP contribution in [0, 0.1) is 16.7 Å². The van der Waals surface area contributed by atoms with Gasteiger partial charge < -0.3 is 9.47 Å². The van der Waals surface area contributed by atoms with Crippen LogP contribution >= 0.6 is 0 Å². The first-order valence-electron chi connectivity index (χ1n) is 9.79. The third-order valence-corrected chi connectivity index (χ3v) is 4.55. The average molecular weight is 380 g/mol. The summed E-state index contributed by atoms with van der Waals surface area (Å²) in [6.07, 6.45) is 3.80. The molecule has 0 atom stereocenters. The first-order chi connectivity index (χ1) is 13.5. The van der Waals surface area contributed by atoms with E-state index in [1.807, 2.05) is 56.3 Å². The summed E-state index contributed by atoms with van der Waals surface area (Å²) in [7, 11) is 0. The molecular weight excluding hydrogens is 350 g/mol. The van der Waals surface area contributed by atoms with Crippen molar-refractivity contribution in [2.75, 3.05) is 13.2 Å². The molecule has 0 aliphatic carbocycles. The number of carbonyl (C=O) groups is 1. The van der Waals surface area contributed by atoms with E-state index < -0.39 is 0 Å². The van der Waals surface area contributed by atoms with Crippen LogP contribution in [0.3, 0.4) is 0 Å². The van der Waals surface area contributed by atoms with Gasteiger partial charge >= 0.3 is 0 Å². The lowest BCUT2D eigenvalue weighted by molar-refractivity contribution is 0.0751. The largest absolute Gasteiger partial charge is 0.489 e. The van der Waals surface area contributed by atoms with Crippen LogP contribution in [0.25, 0.3) is 0 Å². The van der Waals surface area contributed by atoms with Crippen LogP contribution in [-0.4, -0.2) is 19.0 Å². The second-order valence-electron chi connectivity index (χ2n) is 7.58. The Kier molecular flexibility index (Phi) is 8.71. The fourth-order valence-electron chi connectivity index (χ4n) is 2.73. The van der Waals surface area contributed by atoms with Crippen molar-refractivity contribution in [3.8, 4) is 11.8 Å². The summed E-state index contributed by atoms with van der Waals surface area (Å²) in [5, 5.41) is 8.98. The van der Waals surface area contributed by atoms with Crippen LogP contribution in [0.15, 0.2) is 54.6 Å². The second-order valence-corrected chi connectivity index (χ2v) is 7.58. The van der Waals surface area contributed by atoms with E-state index >= 15 is 0 Å². The lowest BCUT2D eigenvalue weighted by atomic mass is 9.89. The van der Waals surface area contributed by atoms with Crippen LogP contribution in [-0.2, 0) is 11.3 Å². The van der Waals surface area contributed by atoms with Crippen molar-refractivity contribution in [2.45, 2.75) is 46.1 Å². The smallest absolute Gasteiger partial charge is 0.188 e. The molecule has 2 rings (SSSR count). The van der Waals surface area contributed by atoms with Gasteiger partial charge in [0.1, 0.15) is 19.0 Å². The Morgan fingerprint density at radius 3 is 2.39 bits per heavy atom. The molecule has 0 saturated carbocycles. The van der Waals surface area contributed by atoms with Gasteiger partial charge in [0.15, 0.2) is 5.78 Å². The summed E-state index contributed by atoms with van der Waals surface area (Å²) in [5.41, 5.74) is 1.48. The zero-order valence-corrected chi connectivity index (χ0v) is 16.8. The fourth-order valence-corrected chi connectivity index (χ4v) is 2.73. The standard InChI is InChI=1S/C24H29NO3/c1-24(2,19-25)15-7-4-8-16-27-18-23(26)21-11-13-22(14-12-21)28-17-20-9-5-3-6-10-20/h3,5-6,9-14H,4,7-8,15-18H2,1-2H3. The molecule has 0 aromatic heterocycles. The van der Waals surface area contributed by atoms with E-state index in [1.165, 1.54) is 0 Å². The van der Waals surface area contributed by atoms with E-state index in [9.17, 15) is 4.79 Å². The minimum absolute atomic E-state index is 0.0276. The number of Topliss-reactive ketones (excluding diaryl/α,β-unsaturated/α-hetero) is 1. The van der Waals surface area contributed by atoms with E-state index in [4.69, 9.17) is 14.7 Å². The molecule has 4 nitrogen and oxygen atoms in total. The summed E-state index contributed by atoms with van der Waals surface area (Å²) in [5.74, 6) is 0.710. The third-order valence-electron chi connectivity index (χ3n) is 4.55. The molecule has 0 amide bonds. The van der Waals surface area contributed by atoms with Crippen molar-refractivity contribution in [3.63, 3.8) is 0 Å². The molecule has 2 aromatic rings. The Bertz CT molecular complexity index is 761. The number of nitrogens with zero attached hydrogens (tertiary/aromatic N) is 1. The van der Waals surface area contributed by atoms with E-state index in [-0.39, 0.29) is 17.8 Å². The van der Waals surface area contributed by atoms with Gasteiger partial charge in [-0.3, -0.25) is 4.79 Å². The lowest BCUT2D eigenvalue weighted by Gasteiger charge is -2.14. The highest BCUT2D eigenvalue weighted by Crippen LogP contribution is 2.22. The predicted molar refractivity (Wildman–Crippen MR) is 110 cm³/mol. The van der Waals surface area contributed by atoms with Crippen molar-refractivity contribution in [2.24, 2.45) is 5.41 Å². The number of hydrogen-bond donors (Lipinski definition) is 0. The molecule has 0 unspecified atom stereocenters. The van der Waals surface area contributed by atoms with Gasteiger partial charge in [-0.1, -0.05) is 43.2 Å². The molecule has 0 spiro atoms. The first-order valence-corrected chi connectivity index (χ1v) is 9.79. The maximum absolute atomic E-state index is 12.2. The highest BCUT2D eigenvalue weighted by molar-refractivity contribution is 5.97. The van der Waals surface area contributed by atoms with Gasteiger partial charge in [-0.25, -0.2) is 0 Å². The van der Waals surface area contributed by atoms with Gasteiger partial charge in [0.25, 0.3) is 0 Å². The number of unbranched alkanes of at least 4 members (excludes halogenated alkanes) is 2. The molecule has 0 heterocycles. The van der Waals surface area contributed by atoms with Gasteiger partial charge in [0.2, 0.25) is 0 Å². The van der Waals surface area contributed by atoms with Crippen LogP contribution in [0.1, 0.15) is 55.5 Å². The monoisotopic (exact) mass is 379 g/mol. The van der Waals surface area contributed by atoms with Gasteiger partial charge in [-0.2, -0.15) is 5.26 Å². The maximum atomic E-state index is 12.2. The Balaban J connectivity index is 1.63. The topological polar surface area (TPSA) is 59.3 Å². The zero-order chi connectivity index (χ0) is 20.2. The molecule has 0 saturated heterocycles. The van der Waals surface area contributed by atoms with E-state index in [1.54, 1.807) is 12.1 Å². The number of ether oxygens (including phenoxy) is 2. The van der Waals surface area contributed by atoms with Crippen molar-refractivity contribution < 1.29 is 14.3 Å². The summed E-state index contributed by atoms with van der Waals surface area (Å²) in [4.78, 5) is 12.2. The summed E-state index contributed by atoms with van der Waals surface area (Å²) < 4.78 is 11.2. The molecule has 0 fully saturated rings. The number of benzene rings is 2. The second kappa shape index (κ2) is 11.3. The van der Waals surface area contributed by atoms with Crippen LogP contribution in [0.5, 0.6) is 5.75 Å². The highest BCUT2D eigenvalue weighted by Gasteiger charge is 2.15. The Labute approximate surface area is 168 Å². The molecule has 28 heavy (non-hydrogen) atoms. The van der Waals surface area contributed by atoms with Crippen molar-refractivity contribution in [1.82, 2.24) is 0 Å². The molecule has 0 aliphatic heterocycles. The quantitative estimate of drug-likeness (QED) is 0.357. The SMILES string of the molecule is CC(C)(C#N)CCCCCOCC(=O)c1ccc(OCc2ccccc2)cc1. The normalized spacial score (nSPS) is 11.0. The maximum Gasteiger partial charge on any atom is 0.188 e. The van der Waals surface area contributed by atoms with Gasteiger partial charge in [0.05, 0.1) is 11.5 Å². The predicted octanol–water partition coefficient (Wildman–Crippen LogP) is 5.58. The molecule has 0 radical (unpaired) electrons. The van der Waals surface area contributed by atoms with E-state index in [0.717, 1.165) is 37.0 Å². The highest BCUT2D eigenvalue weighted by atomic mass is 16.5. The van der Waals surface area contributed by atoms with Crippen LogP contribution in [0.2, 0.25) is 0 Å². The molecule has 0 bridgehead atoms. The molecular formula is C24H29NO3. The van der Waals surface area contributed by atoms with E-state index in [0.29, 0.717) is 18.8 Å². The first kappa shape index (κ1) is 21.7. The number of hydrogen-bond acceptors (Lipinski definition) is 4. The zero-order valence-electron chi connectivity index (χ0n) is 16.8. The van der Waals surface area contributed by atoms with Gasteiger partial charge in [-0.15, -0.1) is 0 Å². The third kappa shape index (κ3) is 7.94. The van der Waals surface area contributed by atoms with E-state index in [2.05, 4.69) is 6.07 Å². The fraction of sp³-hybridized carbons (Fsp3) is 0.417. The lowest BCUT2D eigenvalue weighted by Crippen LogP contribution is -2.10. The van der Waals surface area contributed by atoms with Gasteiger partial charge in [-0.05, 0) is 56.5 Å². The number of rotatable bonds is 12. The number of ketones is 1. The Morgan fingerprint density at radius 1 is 1.00 bits per heavy atom. The van der Waals surface area contributed by atoms with Crippen molar-refractivity contribution >= 4 is 5.78 Å². The van der Waals surface area contributed by atoms with Crippen LogP contribution in [0.4, 0.5) is 0 Å². The van der Waals surface area contributed by atoms with Crippen molar-refractivity contribution in [3.05, 3.63) is 65.7 Å². The minimum Gasteiger partial charge on any atom is -0.489 e. The molecule has 148 valence electrons. The molecule has 0 N–H and O–H groups in total. The average Bonchev–Trinajstić information content (AvgIpc) is 2.72. The molecule has 4 heteroatoms. The summed E-state index contributed by atoms with van der Waals surface area (Å²) in [6.45, 7) is 5.08.